The zero-order chi connectivity index (χ0) is 14.1. The highest BCUT2D eigenvalue weighted by Gasteiger charge is 2.09. The fourth-order valence-corrected chi connectivity index (χ4v) is 2.14. The van der Waals surface area contributed by atoms with Crippen LogP contribution in [0.1, 0.15) is 5.82 Å². The molecule has 0 atom stereocenters. The third-order valence-electron chi connectivity index (χ3n) is 3.15. The lowest BCUT2D eigenvalue weighted by Gasteiger charge is -1.97. The molecule has 0 fully saturated rings. The molecule has 7 heteroatoms. The van der Waals surface area contributed by atoms with Crippen molar-refractivity contribution in [1.82, 2.24) is 34.8 Å². The van der Waals surface area contributed by atoms with Gasteiger partial charge in [0.2, 0.25) is 5.82 Å². The van der Waals surface area contributed by atoms with Gasteiger partial charge in [0, 0.05) is 11.8 Å². The smallest absolute Gasteiger partial charge is 0.204 e. The lowest BCUT2D eigenvalue weighted by molar-refractivity contribution is 0.551. The Kier molecular flexibility index (Phi) is 2.67. The topological polar surface area (TPSA) is 73.8 Å². The van der Waals surface area contributed by atoms with E-state index in [9.17, 15) is 0 Å². The fraction of sp³-hybridized carbons (Fsp3) is 0.0714. The van der Waals surface area contributed by atoms with Gasteiger partial charge in [-0.05, 0) is 17.3 Å². The molecular formula is C14H11N7. The molecule has 0 spiro atoms. The van der Waals surface area contributed by atoms with E-state index >= 15 is 0 Å². The van der Waals surface area contributed by atoms with Crippen molar-refractivity contribution in [2.45, 2.75) is 6.54 Å². The predicted octanol–water partition coefficient (Wildman–Crippen LogP) is 1.43. The minimum Gasteiger partial charge on any atom is -0.285 e. The predicted molar refractivity (Wildman–Crippen MR) is 75.3 cm³/mol. The molecule has 3 heterocycles. The van der Waals surface area contributed by atoms with Crippen molar-refractivity contribution >= 4 is 5.65 Å². The molecule has 0 amide bonds. The Hall–Kier alpha value is -3.09. The SMILES string of the molecule is c1ccc(-c2nnn(Cc3nnc4ccccn34)n2)cc1. The molecule has 1 aromatic carbocycles. The largest absolute Gasteiger partial charge is 0.285 e. The van der Waals surface area contributed by atoms with Crippen molar-refractivity contribution < 1.29 is 0 Å². The summed E-state index contributed by atoms with van der Waals surface area (Å²) < 4.78 is 1.91. The number of hydrogen-bond donors (Lipinski definition) is 0. The van der Waals surface area contributed by atoms with Crippen molar-refractivity contribution in [3.8, 4) is 11.4 Å². The molecule has 0 radical (unpaired) electrons. The summed E-state index contributed by atoms with van der Waals surface area (Å²) in [5.74, 6) is 1.37. The lowest BCUT2D eigenvalue weighted by atomic mass is 10.2. The van der Waals surface area contributed by atoms with Gasteiger partial charge in [0.15, 0.2) is 11.5 Å². The Labute approximate surface area is 119 Å². The van der Waals surface area contributed by atoms with Crippen molar-refractivity contribution in [2.24, 2.45) is 0 Å². The third kappa shape index (κ3) is 2.14. The number of tetrazole rings is 1. The highest BCUT2D eigenvalue weighted by Crippen LogP contribution is 2.12. The quantitative estimate of drug-likeness (QED) is 0.566. The van der Waals surface area contributed by atoms with Crippen LogP contribution in [0.3, 0.4) is 0 Å². The first-order valence-corrected chi connectivity index (χ1v) is 6.52. The second-order valence-electron chi connectivity index (χ2n) is 4.55. The summed E-state index contributed by atoms with van der Waals surface area (Å²) in [6.07, 6.45) is 1.92. The van der Waals surface area contributed by atoms with Gasteiger partial charge in [0.1, 0.15) is 6.54 Å². The zero-order valence-corrected chi connectivity index (χ0v) is 11.0. The summed E-state index contributed by atoms with van der Waals surface area (Å²) in [6, 6.07) is 15.5. The highest BCUT2D eigenvalue weighted by atomic mass is 15.6. The third-order valence-corrected chi connectivity index (χ3v) is 3.15. The van der Waals surface area contributed by atoms with Crippen LogP contribution < -0.4 is 0 Å². The van der Waals surface area contributed by atoms with Crippen molar-refractivity contribution in [3.05, 3.63) is 60.6 Å². The van der Waals surface area contributed by atoms with E-state index in [0.717, 1.165) is 17.0 Å². The minimum absolute atomic E-state index is 0.422. The van der Waals surface area contributed by atoms with Crippen LogP contribution >= 0.6 is 0 Å². The summed E-state index contributed by atoms with van der Waals surface area (Å²) in [7, 11) is 0. The number of rotatable bonds is 3. The van der Waals surface area contributed by atoms with Crippen LogP contribution in [0.4, 0.5) is 0 Å². The summed E-state index contributed by atoms with van der Waals surface area (Å²) in [4.78, 5) is 1.52. The molecule has 21 heavy (non-hydrogen) atoms. The van der Waals surface area contributed by atoms with Gasteiger partial charge in [-0.15, -0.1) is 20.4 Å². The van der Waals surface area contributed by atoms with Gasteiger partial charge < -0.3 is 0 Å². The van der Waals surface area contributed by atoms with E-state index < -0.39 is 0 Å². The Morgan fingerprint density at radius 2 is 1.71 bits per heavy atom. The van der Waals surface area contributed by atoms with Crippen LogP contribution in [-0.4, -0.2) is 34.8 Å². The zero-order valence-electron chi connectivity index (χ0n) is 11.0. The molecule has 0 saturated carbocycles. The van der Waals surface area contributed by atoms with Crippen LogP contribution in [0.5, 0.6) is 0 Å². The first-order chi connectivity index (χ1) is 10.4. The summed E-state index contributed by atoms with van der Waals surface area (Å²) >= 11 is 0. The van der Waals surface area contributed by atoms with Crippen LogP contribution in [0.25, 0.3) is 17.0 Å². The van der Waals surface area contributed by atoms with E-state index in [-0.39, 0.29) is 0 Å². The van der Waals surface area contributed by atoms with Crippen LogP contribution in [-0.2, 0) is 6.54 Å². The van der Waals surface area contributed by atoms with E-state index in [1.54, 1.807) is 0 Å². The molecule has 0 saturated heterocycles. The molecule has 0 unspecified atom stereocenters. The first kappa shape index (κ1) is 11.7. The van der Waals surface area contributed by atoms with Crippen molar-refractivity contribution in [2.75, 3.05) is 0 Å². The van der Waals surface area contributed by atoms with Crippen LogP contribution in [0, 0.1) is 0 Å². The van der Waals surface area contributed by atoms with E-state index in [1.807, 2.05) is 59.1 Å². The highest BCUT2D eigenvalue weighted by molar-refractivity contribution is 5.52. The normalized spacial score (nSPS) is 11.0. The molecular weight excluding hydrogens is 266 g/mol. The van der Waals surface area contributed by atoms with E-state index in [1.165, 1.54) is 4.80 Å². The standard InChI is InChI=1S/C14H11N7/c1-2-6-11(7-3-1)14-17-19-21(18-14)10-13-16-15-12-8-4-5-9-20(12)13/h1-9H,10H2. The van der Waals surface area contributed by atoms with Gasteiger partial charge in [0.05, 0.1) is 0 Å². The van der Waals surface area contributed by atoms with E-state index in [2.05, 4.69) is 25.6 Å². The molecule has 0 aliphatic carbocycles. The summed E-state index contributed by atoms with van der Waals surface area (Å²) in [6.45, 7) is 0.422. The minimum atomic E-state index is 0.422. The van der Waals surface area contributed by atoms with Gasteiger partial charge in [-0.2, -0.15) is 4.80 Å². The van der Waals surface area contributed by atoms with Crippen molar-refractivity contribution in [1.29, 1.82) is 0 Å². The molecule has 7 nitrogen and oxygen atoms in total. The van der Waals surface area contributed by atoms with Gasteiger partial charge in [0.25, 0.3) is 0 Å². The number of aromatic nitrogens is 7. The molecule has 0 N–H and O–H groups in total. The van der Waals surface area contributed by atoms with Gasteiger partial charge in [-0.1, -0.05) is 36.4 Å². The molecule has 4 aromatic rings. The van der Waals surface area contributed by atoms with E-state index in [4.69, 9.17) is 0 Å². The fourth-order valence-electron chi connectivity index (χ4n) is 2.14. The second-order valence-corrected chi connectivity index (χ2v) is 4.55. The average Bonchev–Trinajstić information content (AvgIpc) is 3.17. The number of benzene rings is 1. The maximum absolute atomic E-state index is 4.38. The Bertz CT molecular complexity index is 878. The molecule has 0 bridgehead atoms. The lowest BCUT2D eigenvalue weighted by Crippen LogP contribution is -2.07. The average molecular weight is 277 g/mol. The van der Waals surface area contributed by atoms with Gasteiger partial charge >= 0.3 is 0 Å². The Morgan fingerprint density at radius 3 is 2.62 bits per heavy atom. The number of nitrogens with zero attached hydrogens (tertiary/aromatic N) is 7. The molecule has 4 rings (SSSR count). The first-order valence-electron chi connectivity index (χ1n) is 6.52. The molecule has 102 valence electrons. The van der Waals surface area contributed by atoms with Crippen LogP contribution in [0.2, 0.25) is 0 Å². The van der Waals surface area contributed by atoms with Gasteiger partial charge in [-0.3, -0.25) is 4.40 Å². The number of pyridine rings is 1. The molecule has 0 aliphatic heterocycles. The monoisotopic (exact) mass is 277 g/mol. The summed E-state index contributed by atoms with van der Waals surface area (Å²) in [5.41, 5.74) is 1.74. The van der Waals surface area contributed by atoms with Crippen LogP contribution in [0.15, 0.2) is 54.7 Å². The Morgan fingerprint density at radius 1 is 0.857 bits per heavy atom. The maximum atomic E-state index is 4.38. The number of fused-ring (bicyclic) bond motifs is 1. The Balaban J connectivity index is 1.65. The number of hydrogen-bond acceptors (Lipinski definition) is 5. The van der Waals surface area contributed by atoms with Crippen molar-refractivity contribution in [3.63, 3.8) is 0 Å². The second kappa shape index (κ2) is 4.78. The molecule has 0 aliphatic rings. The summed E-state index contributed by atoms with van der Waals surface area (Å²) in [5, 5.41) is 20.8. The van der Waals surface area contributed by atoms with E-state index in [0.29, 0.717) is 12.4 Å². The maximum Gasteiger partial charge on any atom is 0.204 e. The van der Waals surface area contributed by atoms with Gasteiger partial charge in [-0.25, -0.2) is 0 Å². The molecule has 3 aromatic heterocycles.